The van der Waals surface area contributed by atoms with Crippen LogP contribution in [0.15, 0.2) is 77.7 Å². The van der Waals surface area contributed by atoms with Gasteiger partial charge in [-0.15, -0.1) is 0 Å². The minimum absolute atomic E-state index is 0.0508. The van der Waals surface area contributed by atoms with Gasteiger partial charge in [-0.25, -0.2) is 13.2 Å². The Kier molecular flexibility index (Phi) is 8.27. The fourth-order valence-electron chi connectivity index (χ4n) is 3.25. The van der Waals surface area contributed by atoms with Crippen LogP contribution in [0.25, 0.3) is 0 Å². The van der Waals surface area contributed by atoms with Crippen molar-refractivity contribution in [3.63, 3.8) is 0 Å². The molecule has 0 saturated heterocycles. The first-order valence-corrected chi connectivity index (χ1v) is 12.0. The van der Waals surface area contributed by atoms with E-state index in [1.165, 1.54) is 44.6 Å². The first-order chi connectivity index (χ1) is 16.2. The van der Waals surface area contributed by atoms with Crippen LogP contribution in [-0.2, 0) is 26.0 Å². The number of benzene rings is 3. The van der Waals surface area contributed by atoms with Crippen molar-refractivity contribution < 1.29 is 27.5 Å². The van der Waals surface area contributed by atoms with Crippen molar-refractivity contribution >= 4 is 39.2 Å². The summed E-state index contributed by atoms with van der Waals surface area (Å²) in [5.41, 5.74) is 1.05. The molecule has 0 radical (unpaired) electrons. The van der Waals surface area contributed by atoms with E-state index in [0.29, 0.717) is 0 Å². The molecule has 0 aliphatic rings. The molecule has 0 aromatic heterocycles. The Morgan fingerprint density at radius 1 is 0.971 bits per heavy atom. The van der Waals surface area contributed by atoms with Gasteiger partial charge < -0.3 is 14.8 Å². The number of esters is 1. The Hall–Kier alpha value is -3.40. The topological polar surface area (TPSA) is 111 Å². The van der Waals surface area contributed by atoms with Gasteiger partial charge in [-0.2, -0.15) is 4.72 Å². The van der Waals surface area contributed by atoms with Gasteiger partial charge in [-0.3, -0.25) is 4.79 Å². The Balaban J connectivity index is 1.96. The zero-order valence-corrected chi connectivity index (χ0v) is 20.0. The number of ether oxygens (including phenoxy) is 2. The lowest BCUT2D eigenvalue weighted by atomic mass is 10.1. The molecule has 10 heteroatoms. The van der Waals surface area contributed by atoms with E-state index in [1.54, 1.807) is 36.4 Å². The zero-order chi connectivity index (χ0) is 24.7. The van der Waals surface area contributed by atoms with Crippen LogP contribution < -0.4 is 14.8 Å². The van der Waals surface area contributed by atoms with Crippen LogP contribution in [0, 0.1) is 0 Å². The number of nitrogens with one attached hydrogen (secondary N) is 2. The molecule has 0 bridgehead atoms. The highest BCUT2D eigenvalue weighted by Crippen LogP contribution is 2.27. The Bertz CT molecular complexity index is 1280. The molecule has 0 aliphatic heterocycles. The van der Waals surface area contributed by atoms with Crippen LogP contribution in [0.4, 0.5) is 5.69 Å². The molecule has 2 N–H and O–H groups in total. The van der Waals surface area contributed by atoms with Crippen LogP contribution in [0.1, 0.15) is 15.9 Å². The second kappa shape index (κ2) is 11.1. The smallest absolute Gasteiger partial charge is 0.339 e. The summed E-state index contributed by atoms with van der Waals surface area (Å²) in [6.07, 6.45) is 0.0508. The van der Waals surface area contributed by atoms with E-state index in [9.17, 15) is 18.0 Å². The van der Waals surface area contributed by atoms with Gasteiger partial charge in [-0.05, 0) is 42.3 Å². The molecule has 0 heterocycles. The summed E-state index contributed by atoms with van der Waals surface area (Å²) < 4.78 is 38.9. The van der Waals surface area contributed by atoms with Crippen LogP contribution in [0.3, 0.4) is 0 Å². The summed E-state index contributed by atoms with van der Waals surface area (Å²) in [6.45, 7) is 0. The Morgan fingerprint density at radius 2 is 1.65 bits per heavy atom. The molecule has 0 unspecified atom stereocenters. The number of hydrogen-bond donors (Lipinski definition) is 2. The molecule has 34 heavy (non-hydrogen) atoms. The van der Waals surface area contributed by atoms with Gasteiger partial charge in [0, 0.05) is 5.02 Å². The van der Waals surface area contributed by atoms with Gasteiger partial charge in [0.05, 0.1) is 25.5 Å². The number of anilines is 1. The maximum Gasteiger partial charge on any atom is 0.339 e. The summed E-state index contributed by atoms with van der Waals surface area (Å²) in [5, 5.41) is 2.83. The normalized spacial score (nSPS) is 12.0. The van der Waals surface area contributed by atoms with Crippen molar-refractivity contribution in [2.24, 2.45) is 0 Å². The number of para-hydroxylation sites is 1. The molecule has 0 saturated carbocycles. The molecule has 1 atom stereocenters. The van der Waals surface area contributed by atoms with Crippen LogP contribution >= 0.6 is 11.6 Å². The van der Waals surface area contributed by atoms with E-state index < -0.39 is 27.9 Å². The maximum atomic E-state index is 13.3. The summed E-state index contributed by atoms with van der Waals surface area (Å²) >= 11 is 6.01. The Morgan fingerprint density at radius 3 is 2.32 bits per heavy atom. The van der Waals surface area contributed by atoms with Crippen LogP contribution in [0.2, 0.25) is 5.02 Å². The molecule has 8 nitrogen and oxygen atoms in total. The standard InChI is InChI=1S/C24H23ClN2O6S/c1-32-21-13-12-17(25)15-22(21)34(30,31)27-20(14-16-8-4-3-5-9-16)23(28)26-19-11-7-6-10-18(19)24(29)33-2/h3-13,15,20,27H,14H2,1-2H3,(H,26,28)/t20-/m0/s1. The molecule has 178 valence electrons. The lowest BCUT2D eigenvalue weighted by Gasteiger charge is -2.20. The number of carbonyl (C=O) groups excluding carboxylic acids is 2. The monoisotopic (exact) mass is 502 g/mol. The van der Waals surface area contributed by atoms with Crippen molar-refractivity contribution in [3.8, 4) is 5.75 Å². The third-order valence-electron chi connectivity index (χ3n) is 4.90. The molecular formula is C24H23ClN2O6S. The summed E-state index contributed by atoms with van der Waals surface area (Å²) in [4.78, 5) is 25.1. The van der Waals surface area contributed by atoms with E-state index in [1.807, 2.05) is 6.07 Å². The number of halogens is 1. The lowest BCUT2D eigenvalue weighted by Crippen LogP contribution is -2.45. The molecule has 1 amide bonds. The highest BCUT2D eigenvalue weighted by atomic mass is 35.5. The Labute approximate surface area is 202 Å². The van der Waals surface area contributed by atoms with E-state index in [2.05, 4.69) is 10.0 Å². The SMILES string of the molecule is COC(=O)c1ccccc1NC(=O)[C@H](Cc1ccccc1)NS(=O)(=O)c1cc(Cl)ccc1OC. The molecular weight excluding hydrogens is 480 g/mol. The van der Waals surface area contributed by atoms with Gasteiger partial charge in [0.1, 0.15) is 16.7 Å². The fourth-order valence-corrected chi connectivity index (χ4v) is 4.88. The summed E-state index contributed by atoms with van der Waals surface area (Å²) in [6, 6.07) is 18.2. The third kappa shape index (κ3) is 6.13. The van der Waals surface area contributed by atoms with Crippen LogP contribution in [0.5, 0.6) is 5.75 Å². The third-order valence-corrected chi connectivity index (χ3v) is 6.63. The van der Waals surface area contributed by atoms with E-state index >= 15 is 0 Å². The number of amides is 1. The largest absolute Gasteiger partial charge is 0.495 e. The molecule has 0 fully saturated rings. The molecule has 3 aromatic rings. The van der Waals surface area contributed by atoms with Crippen molar-refractivity contribution in [1.29, 1.82) is 0 Å². The van der Waals surface area contributed by atoms with Gasteiger partial charge in [-0.1, -0.05) is 54.1 Å². The molecule has 0 spiro atoms. The molecule has 3 aromatic carbocycles. The quantitative estimate of drug-likeness (QED) is 0.432. The summed E-state index contributed by atoms with van der Waals surface area (Å²) in [5.74, 6) is -1.23. The lowest BCUT2D eigenvalue weighted by molar-refractivity contribution is -0.117. The number of rotatable bonds is 9. The average Bonchev–Trinajstić information content (AvgIpc) is 2.84. The fraction of sp³-hybridized carbons (Fsp3) is 0.167. The average molecular weight is 503 g/mol. The number of methoxy groups -OCH3 is 2. The predicted octanol–water partition coefficient (Wildman–Crippen LogP) is 3.66. The van der Waals surface area contributed by atoms with Gasteiger partial charge in [0.15, 0.2) is 0 Å². The number of carbonyl (C=O) groups is 2. The first-order valence-electron chi connectivity index (χ1n) is 10.1. The highest BCUT2D eigenvalue weighted by Gasteiger charge is 2.29. The maximum absolute atomic E-state index is 13.3. The minimum atomic E-state index is -4.23. The van der Waals surface area contributed by atoms with E-state index in [4.69, 9.17) is 21.1 Å². The highest BCUT2D eigenvalue weighted by molar-refractivity contribution is 7.89. The van der Waals surface area contributed by atoms with Gasteiger partial charge in [0.25, 0.3) is 0 Å². The van der Waals surface area contributed by atoms with Crippen LogP contribution in [-0.4, -0.2) is 40.6 Å². The van der Waals surface area contributed by atoms with Crippen molar-refractivity contribution in [3.05, 3.63) is 88.9 Å². The van der Waals surface area contributed by atoms with Gasteiger partial charge >= 0.3 is 5.97 Å². The number of hydrogen-bond acceptors (Lipinski definition) is 6. The molecule has 3 rings (SSSR count). The van der Waals surface area contributed by atoms with E-state index in [-0.39, 0.29) is 33.3 Å². The number of sulfonamides is 1. The van der Waals surface area contributed by atoms with Crippen molar-refractivity contribution in [2.75, 3.05) is 19.5 Å². The van der Waals surface area contributed by atoms with Crippen molar-refractivity contribution in [1.82, 2.24) is 4.72 Å². The van der Waals surface area contributed by atoms with E-state index in [0.717, 1.165) is 5.56 Å². The predicted molar refractivity (Wildman–Crippen MR) is 129 cm³/mol. The minimum Gasteiger partial charge on any atom is -0.495 e. The zero-order valence-electron chi connectivity index (χ0n) is 18.4. The second-order valence-corrected chi connectivity index (χ2v) is 9.30. The van der Waals surface area contributed by atoms with Crippen molar-refractivity contribution in [2.45, 2.75) is 17.4 Å². The summed E-state index contributed by atoms with van der Waals surface area (Å²) in [7, 11) is -1.66. The molecule has 0 aliphatic carbocycles. The first kappa shape index (κ1) is 25.2. The second-order valence-electron chi connectivity index (χ2n) is 7.19. The van der Waals surface area contributed by atoms with Gasteiger partial charge in [0.2, 0.25) is 15.9 Å².